The molecule has 43 heavy (non-hydrogen) atoms. The Kier molecular flexibility index (Phi) is 10.4. The number of nitrogens with one attached hydrogen (secondary N) is 1. The molecule has 0 aliphatic heterocycles. The summed E-state index contributed by atoms with van der Waals surface area (Å²) in [6.07, 6.45) is 0.840. The monoisotopic (exact) mass is 621 g/mol. The highest BCUT2D eigenvalue weighted by Gasteiger charge is 2.30. The average molecular weight is 622 g/mol. The van der Waals surface area contributed by atoms with E-state index in [1.54, 1.807) is 0 Å². The first-order valence-corrected chi connectivity index (χ1v) is 18.8. The van der Waals surface area contributed by atoms with Crippen LogP contribution in [0.4, 0.5) is 0 Å². The molecule has 0 aromatic heterocycles. The van der Waals surface area contributed by atoms with Crippen LogP contribution >= 0.6 is 15.8 Å². The van der Waals surface area contributed by atoms with Crippen LogP contribution in [0.25, 0.3) is 0 Å². The van der Waals surface area contributed by atoms with Crippen molar-refractivity contribution < 1.29 is 4.21 Å². The van der Waals surface area contributed by atoms with Crippen LogP contribution in [0.1, 0.15) is 43.5 Å². The molecule has 0 saturated heterocycles. The van der Waals surface area contributed by atoms with E-state index < -0.39 is 31.6 Å². The van der Waals surface area contributed by atoms with Gasteiger partial charge in [-0.25, -0.2) is 8.93 Å². The van der Waals surface area contributed by atoms with Gasteiger partial charge in [0.15, 0.2) is 0 Å². The summed E-state index contributed by atoms with van der Waals surface area (Å²) in [7, 11) is -2.81. The van der Waals surface area contributed by atoms with E-state index in [-0.39, 0.29) is 6.04 Å². The smallest absolute Gasteiger partial charge is 0.0976 e. The maximum Gasteiger partial charge on any atom is 0.0976 e. The zero-order valence-electron chi connectivity index (χ0n) is 25.7. The van der Waals surface area contributed by atoms with Crippen LogP contribution in [0.2, 0.25) is 0 Å². The Morgan fingerprint density at radius 3 is 1.51 bits per heavy atom. The van der Waals surface area contributed by atoms with E-state index in [4.69, 9.17) is 0 Å². The first kappa shape index (κ1) is 31.5. The van der Waals surface area contributed by atoms with Crippen LogP contribution in [0.15, 0.2) is 133 Å². The van der Waals surface area contributed by atoms with E-state index in [1.807, 2.05) is 20.8 Å². The third-order valence-electron chi connectivity index (χ3n) is 7.44. The molecule has 0 saturated carbocycles. The first-order chi connectivity index (χ1) is 20.7. The lowest BCUT2D eigenvalue weighted by Crippen LogP contribution is -2.39. The lowest BCUT2D eigenvalue weighted by atomic mass is 10.1. The molecule has 2 nitrogen and oxygen atoms in total. The van der Waals surface area contributed by atoms with Crippen LogP contribution in [0, 0.1) is 13.8 Å². The van der Waals surface area contributed by atoms with Gasteiger partial charge in [-0.3, -0.25) is 0 Å². The lowest BCUT2D eigenvalue weighted by molar-refractivity contribution is 0.618. The Balaban J connectivity index is 1.67. The van der Waals surface area contributed by atoms with Crippen LogP contribution in [-0.4, -0.2) is 15.1 Å². The molecular formula is C38H41NOP2S. The van der Waals surface area contributed by atoms with Crippen molar-refractivity contribution in [2.45, 2.75) is 45.4 Å². The molecule has 5 rings (SSSR count). The predicted octanol–water partition coefficient (Wildman–Crippen LogP) is 7.29. The Bertz CT molecular complexity index is 1550. The van der Waals surface area contributed by atoms with Crippen molar-refractivity contribution >= 4 is 53.4 Å². The number of rotatable bonds is 10. The molecule has 5 heteroatoms. The second-order valence-corrected chi connectivity index (χ2v) is 18.3. The van der Waals surface area contributed by atoms with Gasteiger partial charge in [0.1, 0.15) is 0 Å². The summed E-state index contributed by atoms with van der Waals surface area (Å²) in [6.45, 7) is 10.4. The van der Waals surface area contributed by atoms with Gasteiger partial charge in [-0.15, -0.1) is 0 Å². The van der Waals surface area contributed by atoms with Gasteiger partial charge in [0.05, 0.1) is 15.7 Å². The summed E-state index contributed by atoms with van der Waals surface area (Å²) in [6, 6.07) is 48.4. The minimum absolute atomic E-state index is 0.108. The van der Waals surface area contributed by atoms with Crippen molar-refractivity contribution in [3.63, 3.8) is 0 Å². The third-order valence-corrected chi connectivity index (χ3v) is 14.1. The molecule has 2 atom stereocenters. The lowest BCUT2D eigenvalue weighted by Gasteiger charge is -2.31. The van der Waals surface area contributed by atoms with E-state index in [9.17, 15) is 4.21 Å². The number of hydrogen-bond donors (Lipinski definition) is 1. The van der Waals surface area contributed by atoms with Crippen molar-refractivity contribution in [2.75, 3.05) is 6.16 Å². The molecule has 1 N–H and O–H groups in total. The highest BCUT2D eigenvalue weighted by molar-refractivity contribution is 7.84. The van der Waals surface area contributed by atoms with Gasteiger partial charge in [0.25, 0.3) is 0 Å². The SMILES string of the molecule is Cc1ccc(P(c2ccc(C)cc2)c2ccccc2[C@@H](CP(c2ccccc2)c2ccccc2)N[S@](=O)C(C)(C)C)cc1. The molecule has 0 radical (unpaired) electrons. The maximum atomic E-state index is 13.8. The maximum absolute atomic E-state index is 13.8. The number of hydrogen-bond acceptors (Lipinski definition) is 1. The average Bonchev–Trinajstić information content (AvgIpc) is 3.02. The summed E-state index contributed by atoms with van der Waals surface area (Å²) in [5.74, 6) is 0. The predicted molar refractivity (Wildman–Crippen MR) is 192 cm³/mol. The van der Waals surface area contributed by atoms with Crippen LogP contribution < -0.4 is 31.2 Å². The molecule has 0 aliphatic carbocycles. The molecular weight excluding hydrogens is 580 g/mol. The Morgan fingerprint density at radius 2 is 1.05 bits per heavy atom. The zero-order valence-corrected chi connectivity index (χ0v) is 28.3. The van der Waals surface area contributed by atoms with Gasteiger partial charge >= 0.3 is 0 Å². The van der Waals surface area contributed by atoms with Crippen LogP contribution in [-0.2, 0) is 11.0 Å². The highest BCUT2D eigenvalue weighted by Crippen LogP contribution is 2.41. The van der Waals surface area contributed by atoms with Crippen molar-refractivity contribution in [3.8, 4) is 0 Å². The minimum atomic E-state index is -1.25. The van der Waals surface area contributed by atoms with Crippen LogP contribution in [0.5, 0.6) is 0 Å². The van der Waals surface area contributed by atoms with Crippen molar-refractivity contribution in [2.24, 2.45) is 0 Å². The highest BCUT2D eigenvalue weighted by atomic mass is 32.2. The van der Waals surface area contributed by atoms with Gasteiger partial charge < -0.3 is 0 Å². The summed E-state index contributed by atoms with van der Waals surface area (Å²) < 4.78 is 17.1. The molecule has 0 bridgehead atoms. The Morgan fingerprint density at radius 1 is 0.605 bits per heavy atom. The van der Waals surface area contributed by atoms with Crippen LogP contribution in [0.3, 0.4) is 0 Å². The van der Waals surface area contributed by atoms with Crippen molar-refractivity contribution in [3.05, 3.63) is 150 Å². The van der Waals surface area contributed by atoms with Gasteiger partial charge in [-0.1, -0.05) is 145 Å². The number of benzene rings is 5. The fraction of sp³-hybridized carbons (Fsp3) is 0.211. The third kappa shape index (κ3) is 7.97. The first-order valence-electron chi connectivity index (χ1n) is 14.8. The standard InChI is InChI=1S/C38H41NOP2S/c1-29-20-24-33(25-21-29)42(34-26-22-30(2)23-27-34)37-19-13-12-18-35(37)36(39-43(40)38(3,4)5)28-41(31-14-8-6-9-15-31)32-16-10-7-11-17-32/h6-27,36,39H,28H2,1-5H3/t36-,43-/m1/s1. The molecule has 5 aromatic carbocycles. The Hall–Kier alpha value is -2.93. The largest absolute Gasteiger partial charge is 0.242 e. The fourth-order valence-corrected chi connectivity index (χ4v) is 10.9. The molecule has 220 valence electrons. The Labute approximate surface area is 263 Å². The quantitative estimate of drug-likeness (QED) is 0.163. The van der Waals surface area contributed by atoms with Gasteiger partial charge in [0, 0.05) is 6.04 Å². The van der Waals surface area contributed by atoms with Crippen molar-refractivity contribution in [1.29, 1.82) is 0 Å². The second-order valence-electron chi connectivity index (χ2n) is 11.9. The molecule has 0 heterocycles. The minimum Gasteiger partial charge on any atom is -0.242 e. The van der Waals surface area contributed by atoms with E-state index in [0.717, 1.165) is 6.16 Å². The molecule has 0 fully saturated rings. The van der Waals surface area contributed by atoms with E-state index in [1.165, 1.54) is 43.2 Å². The second kappa shape index (κ2) is 14.2. The zero-order chi connectivity index (χ0) is 30.4. The normalized spacial score (nSPS) is 13.3. The molecule has 0 spiro atoms. The summed E-state index contributed by atoms with van der Waals surface area (Å²) >= 11 is 0. The van der Waals surface area contributed by atoms with Gasteiger partial charge in [-0.05, 0) is 88.7 Å². The van der Waals surface area contributed by atoms with Crippen molar-refractivity contribution in [1.82, 2.24) is 4.72 Å². The van der Waals surface area contributed by atoms with E-state index in [2.05, 4.69) is 152 Å². The fourth-order valence-electron chi connectivity index (χ4n) is 5.06. The molecule has 0 unspecified atom stereocenters. The van der Waals surface area contributed by atoms with E-state index >= 15 is 0 Å². The van der Waals surface area contributed by atoms with E-state index in [0.29, 0.717) is 0 Å². The van der Waals surface area contributed by atoms with Gasteiger partial charge in [-0.2, -0.15) is 0 Å². The topological polar surface area (TPSA) is 29.1 Å². The molecule has 5 aromatic rings. The molecule has 0 amide bonds. The summed E-state index contributed by atoms with van der Waals surface area (Å²) in [4.78, 5) is 0. The van der Waals surface area contributed by atoms with Gasteiger partial charge in [0.2, 0.25) is 0 Å². The number of aryl methyl sites for hydroxylation is 2. The molecule has 0 aliphatic rings. The summed E-state index contributed by atoms with van der Waals surface area (Å²) in [5.41, 5.74) is 3.74. The summed E-state index contributed by atoms with van der Waals surface area (Å²) in [5, 5.41) is 6.61.